The highest BCUT2D eigenvalue weighted by Crippen LogP contribution is 2.42. The van der Waals surface area contributed by atoms with Gasteiger partial charge in [-0.15, -0.1) is 0 Å². The molecule has 2 aliphatic rings. The van der Waals surface area contributed by atoms with Crippen molar-refractivity contribution in [2.24, 2.45) is 17.8 Å². The number of fused-ring (bicyclic) bond motifs is 1. The van der Waals surface area contributed by atoms with Crippen LogP contribution in [0.4, 0.5) is 5.69 Å². The Morgan fingerprint density at radius 2 is 1.71 bits per heavy atom. The highest BCUT2D eigenvalue weighted by molar-refractivity contribution is 9.10. The second kappa shape index (κ2) is 8.75. The third-order valence-electron chi connectivity index (χ3n) is 6.03. The summed E-state index contributed by atoms with van der Waals surface area (Å²) in [5, 5.41) is 0. The van der Waals surface area contributed by atoms with Crippen LogP contribution >= 0.6 is 15.9 Å². The summed E-state index contributed by atoms with van der Waals surface area (Å²) in [6.45, 7) is 1.71. The summed E-state index contributed by atoms with van der Waals surface area (Å²) in [6.07, 6.45) is 2.37. The van der Waals surface area contributed by atoms with Crippen LogP contribution in [-0.2, 0) is 14.3 Å². The number of hydrogen-bond donors (Lipinski definition) is 0. The Kier molecular flexibility index (Phi) is 6.05. The van der Waals surface area contributed by atoms with Crippen molar-refractivity contribution in [1.82, 2.24) is 0 Å². The number of amides is 2. The average Bonchev–Trinajstić information content (AvgIpc) is 3.01. The number of carbonyl (C=O) groups excluding carboxylic acids is 4. The minimum absolute atomic E-state index is 0.185. The Bertz CT molecular complexity index is 1050. The Morgan fingerprint density at radius 1 is 1.00 bits per heavy atom. The molecule has 1 aliphatic carbocycles. The lowest BCUT2D eigenvalue weighted by Gasteiger charge is -2.25. The van der Waals surface area contributed by atoms with Crippen molar-refractivity contribution < 1.29 is 23.9 Å². The average molecular weight is 484 g/mol. The molecular weight excluding hydrogens is 462 g/mol. The van der Waals surface area contributed by atoms with Crippen LogP contribution in [0.1, 0.15) is 46.9 Å². The van der Waals surface area contributed by atoms with Crippen LogP contribution in [0, 0.1) is 17.8 Å². The van der Waals surface area contributed by atoms with Crippen LogP contribution < -0.4 is 4.90 Å². The van der Waals surface area contributed by atoms with Crippen molar-refractivity contribution in [3.05, 3.63) is 64.1 Å². The number of rotatable bonds is 5. The van der Waals surface area contributed by atoms with Crippen LogP contribution in [0.2, 0.25) is 0 Å². The normalized spacial score (nSPS) is 22.9. The van der Waals surface area contributed by atoms with Crippen LogP contribution in [0.5, 0.6) is 0 Å². The molecule has 1 saturated heterocycles. The number of halogens is 1. The number of nitrogens with zero attached hydrogens (tertiary/aromatic N) is 1. The van der Waals surface area contributed by atoms with Crippen molar-refractivity contribution in [2.45, 2.75) is 26.2 Å². The monoisotopic (exact) mass is 483 g/mol. The van der Waals surface area contributed by atoms with Crippen molar-refractivity contribution in [1.29, 1.82) is 0 Å². The van der Waals surface area contributed by atoms with E-state index in [-0.39, 0.29) is 35.0 Å². The van der Waals surface area contributed by atoms with E-state index in [1.165, 1.54) is 17.0 Å². The quantitative estimate of drug-likeness (QED) is 0.357. The molecule has 1 heterocycles. The second-order valence-electron chi connectivity index (χ2n) is 8.20. The number of carbonyl (C=O) groups is 4. The zero-order chi connectivity index (χ0) is 22.1. The van der Waals surface area contributed by atoms with E-state index >= 15 is 0 Å². The van der Waals surface area contributed by atoms with Gasteiger partial charge in [0.05, 0.1) is 23.1 Å². The Balaban J connectivity index is 1.46. The molecule has 0 unspecified atom stereocenters. The topological polar surface area (TPSA) is 80.8 Å². The number of imide groups is 1. The molecule has 0 bridgehead atoms. The van der Waals surface area contributed by atoms with E-state index in [1.807, 2.05) is 0 Å². The van der Waals surface area contributed by atoms with Gasteiger partial charge in [0.25, 0.3) is 0 Å². The summed E-state index contributed by atoms with van der Waals surface area (Å²) in [4.78, 5) is 51.7. The second-order valence-corrected chi connectivity index (χ2v) is 9.12. The Hall–Kier alpha value is -2.80. The summed E-state index contributed by atoms with van der Waals surface area (Å²) >= 11 is 3.30. The van der Waals surface area contributed by atoms with Gasteiger partial charge in [-0.25, -0.2) is 4.79 Å². The van der Waals surface area contributed by atoms with E-state index in [1.54, 1.807) is 36.4 Å². The van der Waals surface area contributed by atoms with Gasteiger partial charge >= 0.3 is 5.97 Å². The van der Waals surface area contributed by atoms with Gasteiger partial charge in [-0.1, -0.05) is 41.1 Å². The highest BCUT2D eigenvalue weighted by atomic mass is 79.9. The van der Waals surface area contributed by atoms with E-state index in [0.717, 1.165) is 10.9 Å². The molecule has 7 heteroatoms. The van der Waals surface area contributed by atoms with E-state index in [9.17, 15) is 19.2 Å². The number of hydrogen-bond acceptors (Lipinski definition) is 5. The predicted molar refractivity (Wildman–Crippen MR) is 118 cm³/mol. The van der Waals surface area contributed by atoms with Gasteiger partial charge in [0.1, 0.15) is 0 Å². The summed E-state index contributed by atoms with van der Waals surface area (Å²) in [7, 11) is 0. The first kappa shape index (κ1) is 21.4. The van der Waals surface area contributed by atoms with Crippen molar-refractivity contribution in [3.8, 4) is 0 Å². The zero-order valence-corrected chi connectivity index (χ0v) is 18.6. The minimum atomic E-state index is -0.683. The van der Waals surface area contributed by atoms with Gasteiger partial charge in [-0.05, 0) is 55.5 Å². The van der Waals surface area contributed by atoms with Gasteiger partial charge in [-0.2, -0.15) is 0 Å². The molecule has 2 aromatic carbocycles. The minimum Gasteiger partial charge on any atom is -0.454 e. The lowest BCUT2D eigenvalue weighted by atomic mass is 9.76. The molecule has 2 aromatic rings. The first-order valence-corrected chi connectivity index (χ1v) is 11.1. The molecule has 0 spiro atoms. The molecule has 0 radical (unpaired) electrons. The van der Waals surface area contributed by atoms with Crippen molar-refractivity contribution in [3.63, 3.8) is 0 Å². The number of ketones is 1. The number of ether oxygens (including phenoxy) is 1. The van der Waals surface area contributed by atoms with E-state index in [0.29, 0.717) is 30.0 Å². The smallest absolute Gasteiger partial charge is 0.338 e. The molecule has 0 aromatic heterocycles. The highest BCUT2D eigenvalue weighted by Gasteiger charge is 2.50. The fourth-order valence-corrected chi connectivity index (χ4v) is 4.61. The maximum Gasteiger partial charge on any atom is 0.338 e. The van der Waals surface area contributed by atoms with E-state index < -0.39 is 12.6 Å². The molecule has 4 rings (SSSR count). The molecule has 2 amide bonds. The van der Waals surface area contributed by atoms with Gasteiger partial charge in [0, 0.05) is 10.0 Å². The molecule has 2 fully saturated rings. The lowest BCUT2D eigenvalue weighted by Crippen LogP contribution is -2.31. The van der Waals surface area contributed by atoms with E-state index in [2.05, 4.69) is 22.9 Å². The first-order valence-electron chi connectivity index (χ1n) is 10.3. The number of esters is 1. The molecule has 1 saturated carbocycles. The molecule has 6 nitrogen and oxygen atoms in total. The van der Waals surface area contributed by atoms with E-state index in [4.69, 9.17) is 4.74 Å². The molecule has 3 atom stereocenters. The number of anilines is 1. The van der Waals surface area contributed by atoms with Crippen LogP contribution in [0.15, 0.2) is 53.0 Å². The van der Waals surface area contributed by atoms with Crippen LogP contribution in [0.3, 0.4) is 0 Å². The van der Waals surface area contributed by atoms with Gasteiger partial charge in [0.2, 0.25) is 11.8 Å². The lowest BCUT2D eigenvalue weighted by molar-refractivity contribution is -0.122. The molecule has 1 aliphatic heterocycles. The zero-order valence-electron chi connectivity index (χ0n) is 17.0. The van der Waals surface area contributed by atoms with Crippen LogP contribution in [0.25, 0.3) is 0 Å². The maximum atomic E-state index is 12.9. The third kappa shape index (κ3) is 4.32. The third-order valence-corrected chi connectivity index (χ3v) is 6.56. The van der Waals surface area contributed by atoms with Crippen molar-refractivity contribution >= 4 is 45.2 Å². The number of benzene rings is 2. The van der Waals surface area contributed by atoms with Gasteiger partial charge in [-0.3, -0.25) is 19.3 Å². The van der Waals surface area contributed by atoms with Gasteiger partial charge in [0.15, 0.2) is 12.4 Å². The van der Waals surface area contributed by atoms with Crippen molar-refractivity contribution in [2.75, 3.05) is 11.5 Å². The summed E-state index contributed by atoms with van der Waals surface area (Å²) < 4.78 is 6.01. The summed E-state index contributed by atoms with van der Waals surface area (Å²) in [6, 6.07) is 13.0. The molecule has 31 heavy (non-hydrogen) atoms. The maximum absolute atomic E-state index is 12.9. The SMILES string of the molecule is C[C@@H]1CC[C@H]2C(=O)N(c3cccc(C(=O)OCC(=O)c4ccc(Br)cc4)c3)C(=O)[C@H]2C1. The fraction of sp³-hybridized carbons (Fsp3) is 0.333. The first-order chi connectivity index (χ1) is 14.8. The standard InChI is InChI=1S/C24H22BrNO5/c1-14-5-10-19-20(11-14)23(29)26(22(19)28)18-4-2-3-16(12-18)24(30)31-13-21(27)15-6-8-17(25)9-7-15/h2-4,6-9,12,14,19-20H,5,10-11,13H2,1H3/t14-,19-,20+/m1/s1. The largest absolute Gasteiger partial charge is 0.454 e. The Labute approximate surface area is 188 Å². The molecule has 160 valence electrons. The molecular formula is C24H22BrNO5. The fourth-order valence-electron chi connectivity index (χ4n) is 4.35. The van der Waals surface area contributed by atoms with Crippen LogP contribution in [-0.4, -0.2) is 30.2 Å². The van der Waals surface area contributed by atoms with Gasteiger partial charge < -0.3 is 4.74 Å². The Morgan fingerprint density at radius 3 is 2.45 bits per heavy atom. The summed E-state index contributed by atoms with van der Waals surface area (Å²) in [5.41, 5.74) is 0.991. The summed E-state index contributed by atoms with van der Waals surface area (Å²) in [5.74, 6) is -1.53. The molecule has 0 N–H and O–H groups in total. The number of Topliss-reactive ketones (excluding diaryl/α,β-unsaturated/α-hetero) is 1. The predicted octanol–water partition coefficient (Wildman–Crippen LogP) is 4.41.